The number of nitrogens with one attached hydrogen (secondary N) is 3. The van der Waals surface area contributed by atoms with Gasteiger partial charge in [0.05, 0.1) is 6.54 Å². The molecule has 0 unspecified atom stereocenters. The van der Waals surface area contributed by atoms with Gasteiger partial charge in [0, 0.05) is 17.8 Å². The normalized spacial score (nSPS) is 10.2. The van der Waals surface area contributed by atoms with Crippen molar-refractivity contribution in [2.45, 2.75) is 27.3 Å². The van der Waals surface area contributed by atoms with Crippen molar-refractivity contribution < 1.29 is 14.4 Å². The quantitative estimate of drug-likeness (QED) is 0.626. The molecule has 2 rings (SSSR count). The molecule has 0 aliphatic carbocycles. The SMILES string of the molecule is Cc1cc(C)c(NC(=O)CNC(=O)NCc2cccc(C(N)=O)c2)c(C)c1. The minimum Gasteiger partial charge on any atom is -0.366 e. The molecule has 0 aliphatic rings. The molecule has 0 heterocycles. The monoisotopic (exact) mass is 368 g/mol. The number of anilines is 1. The van der Waals surface area contributed by atoms with Crippen LogP contribution in [0.25, 0.3) is 0 Å². The van der Waals surface area contributed by atoms with Crippen molar-refractivity contribution in [3.63, 3.8) is 0 Å². The number of urea groups is 1. The Labute approximate surface area is 158 Å². The molecule has 0 fully saturated rings. The fraction of sp³-hybridized carbons (Fsp3) is 0.250. The summed E-state index contributed by atoms with van der Waals surface area (Å²) in [5, 5.41) is 7.96. The number of rotatable bonds is 6. The lowest BCUT2D eigenvalue weighted by Crippen LogP contribution is -2.39. The number of hydrogen-bond acceptors (Lipinski definition) is 3. The van der Waals surface area contributed by atoms with Crippen LogP contribution in [0.2, 0.25) is 0 Å². The lowest BCUT2D eigenvalue weighted by molar-refractivity contribution is -0.115. The largest absolute Gasteiger partial charge is 0.366 e. The van der Waals surface area contributed by atoms with E-state index in [1.54, 1.807) is 24.3 Å². The summed E-state index contributed by atoms with van der Waals surface area (Å²) < 4.78 is 0. The molecule has 7 nitrogen and oxygen atoms in total. The smallest absolute Gasteiger partial charge is 0.315 e. The molecule has 0 atom stereocenters. The Morgan fingerprint density at radius 1 is 0.963 bits per heavy atom. The zero-order valence-corrected chi connectivity index (χ0v) is 15.7. The maximum absolute atomic E-state index is 12.1. The molecule has 27 heavy (non-hydrogen) atoms. The first-order valence-corrected chi connectivity index (χ1v) is 8.54. The van der Waals surface area contributed by atoms with Crippen LogP contribution in [-0.2, 0) is 11.3 Å². The Morgan fingerprint density at radius 3 is 2.26 bits per heavy atom. The van der Waals surface area contributed by atoms with Crippen molar-refractivity contribution in [1.29, 1.82) is 0 Å². The van der Waals surface area contributed by atoms with Crippen molar-refractivity contribution >= 4 is 23.5 Å². The zero-order valence-electron chi connectivity index (χ0n) is 15.7. The van der Waals surface area contributed by atoms with Gasteiger partial charge in [-0.3, -0.25) is 9.59 Å². The zero-order chi connectivity index (χ0) is 20.0. The predicted octanol–water partition coefficient (Wildman–Crippen LogP) is 2.15. The fourth-order valence-electron chi connectivity index (χ4n) is 2.80. The maximum Gasteiger partial charge on any atom is 0.315 e. The predicted molar refractivity (Wildman–Crippen MR) is 104 cm³/mol. The summed E-state index contributed by atoms with van der Waals surface area (Å²) in [6.45, 7) is 5.91. The van der Waals surface area contributed by atoms with Gasteiger partial charge in [0.15, 0.2) is 0 Å². The number of aryl methyl sites for hydroxylation is 3. The van der Waals surface area contributed by atoms with E-state index in [1.165, 1.54) is 0 Å². The van der Waals surface area contributed by atoms with E-state index in [9.17, 15) is 14.4 Å². The third-order valence-electron chi connectivity index (χ3n) is 4.02. The van der Waals surface area contributed by atoms with E-state index in [-0.39, 0.29) is 19.0 Å². The van der Waals surface area contributed by atoms with E-state index in [2.05, 4.69) is 16.0 Å². The lowest BCUT2D eigenvalue weighted by Gasteiger charge is -2.13. The van der Waals surface area contributed by atoms with E-state index in [1.807, 2.05) is 32.9 Å². The van der Waals surface area contributed by atoms with Gasteiger partial charge in [-0.05, 0) is 49.6 Å². The summed E-state index contributed by atoms with van der Waals surface area (Å²) in [6, 6.07) is 10.2. The number of carbonyl (C=O) groups is 3. The third-order valence-corrected chi connectivity index (χ3v) is 4.02. The number of carbonyl (C=O) groups excluding carboxylic acids is 3. The van der Waals surface area contributed by atoms with Crippen LogP contribution in [0.1, 0.15) is 32.6 Å². The fourth-order valence-corrected chi connectivity index (χ4v) is 2.80. The summed E-state index contributed by atoms with van der Waals surface area (Å²) in [6.07, 6.45) is 0. The van der Waals surface area contributed by atoms with Gasteiger partial charge in [-0.1, -0.05) is 29.8 Å². The summed E-state index contributed by atoms with van der Waals surface area (Å²) in [4.78, 5) is 35.1. The van der Waals surface area contributed by atoms with Gasteiger partial charge >= 0.3 is 6.03 Å². The van der Waals surface area contributed by atoms with Crippen LogP contribution in [0, 0.1) is 20.8 Å². The highest BCUT2D eigenvalue weighted by molar-refractivity contribution is 5.95. The number of hydrogen-bond donors (Lipinski definition) is 4. The van der Waals surface area contributed by atoms with E-state index >= 15 is 0 Å². The second kappa shape index (κ2) is 8.84. The van der Waals surface area contributed by atoms with Gasteiger partial charge in [0.25, 0.3) is 0 Å². The Kier molecular flexibility index (Phi) is 6.54. The summed E-state index contributed by atoms with van der Waals surface area (Å²) >= 11 is 0. The molecule has 0 aliphatic heterocycles. The number of amides is 4. The van der Waals surface area contributed by atoms with Gasteiger partial charge in [-0.15, -0.1) is 0 Å². The highest BCUT2D eigenvalue weighted by Crippen LogP contribution is 2.21. The molecule has 5 N–H and O–H groups in total. The molecule has 0 aromatic heterocycles. The Balaban J connectivity index is 1.82. The minimum atomic E-state index is -0.528. The molecule has 0 saturated heterocycles. The lowest BCUT2D eigenvalue weighted by atomic mass is 10.1. The second-order valence-electron chi connectivity index (χ2n) is 6.42. The third kappa shape index (κ3) is 5.85. The van der Waals surface area contributed by atoms with Crippen LogP contribution in [-0.4, -0.2) is 24.4 Å². The molecule has 2 aromatic rings. The van der Waals surface area contributed by atoms with Crippen LogP contribution in [0.5, 0.6) is 0 Å². The van der Waals surface area contributed by atoms with Gasteiger partial charge in [0.1, 0.15) is 0 Å². The summed E-state index contributed by atoms with van der Waals surface area (Å²) in [5.74, 6) is -0.837. The second-order valence-corrected chi connectivity index (χ2v) is 6.42. The molecule has 0 bridgehead atoms. The van der Waals surface area contributed by atoms with Gasteiger partial charge < -0.3 is 21.7 Å². The number of benzene rings is 2. The topological polar surface area (TPSA) is 113 Å². The van der Waals surface area contributed by atoms with E-state index in [0.717, 1.165) is 27.9 Å². The molecule has 2 aromatic carbocycles. The first-order valence-electron chi connectivity index (χ1n) is 8.54. The average Bonchev–Trinajstić information content (AvgIpc) is 2.61. The van der Waals surface area contributed by atoms with E-state index < -0.39 is 11.9 Å². The van der Waals surface area contributed by atoms with E-state index in [4.69, 9.17) is 5.73 Å². The van der Waals surface area contributed by atoms with E-state index in [0.29, 0.717) is 5.56 Å². The standard InChI is InChI=1S/C20H24N4O3/c1-12-7-13(2)18(14(3)8-12)24-17(25)11-23-20(27)22-10-15-5-4-6-16(9-15)19(21)26/h4-9H,10-11H2,1-3H3,(H2,21,26)(H,24,25)(H2,22,23,27). The maximum atomic E-state index is 12.1. The van der Waals surface area contributed by atoms with Crippen LogP contribution < -0.4 is 21.7 Å². The highest BCUT2D eigenvalue weighted by atomic mass is 16.2. The minimum absolute atomic E-state index is 0.153. The molecule has 0 spiro atoms. The first-order chi connectivity index (χ1) is 12.8. The Bertz CT molecular complexity index is 854. The molecule has 4 amide bonds. The van der Waals surface area contributed by atoms with Crippen LogP contribution >= 0.6 is 0 Å². The van der Waals surface area contributed by atoms with Gasteiger partial charge in [0.2, 0.25) is 11.8 Å². The first kappa shape index (κ1) is 20.0. The van der Waals surface area contributed by atoms with Gasteiger partial charge in [-0.2, -0.15) is 0 Å². The van der Waals surface area contributed by atoms with Crippen molar-refractivity contribution in [2.75, 3.05) is 11.9 Å². The van der Waals surface area contributed by atoms with Crippen molar-refractivity contribution in [3.05, 3.63) is 64.2 Å². The molecule has 7 heteroatoms. The molecule has 142 valence electrons. The molecule has 0 radical (unpaired) electrons. The number of nitrogens with two attached hydrogens (primary N) is 1. The Hall–Kier alpha value is -3.35. The Morgan fingerprint density at radius 2 is 1.63 bits per heavy atom. The summed E-state index contributed by atoms with van der Waals surface area (Å²) in [7, 11) is 0. The van der Waals surface area contributed by atoms with Crippen LogP contribution in [0.3, 0.4) is 0 Å². The van der Waals surface area contributed by atoms with Gasteiger partial charge in [-0.25, -0.2) is 4.79 Å². The molecular formula is C20H24N4O3. The highest BCUT2D eigenvalue weighted by Gasteiger charge is 2.10. The summed E-state index contributed by atoms with van der Waals surface area (Å²) in [5.41, 5.74) is 10.2. The van der Waals surface area contributed by atoms with Crippen molar-refractivity contribution in [1.82, 2.24) is 10.6 Å². The van der Waals surface area contributed by atoms with Crippen molar-refractivity contribution in [3.8, 4) is 0 Å². The number of primary amides is 1. The van der Waals surface area contributed by atoms with Crippen molar-refractivity contribution in [2.24, 2.45) is 5.73 Å². The molecular weight excluding hydrogens is 344 g/mol. The van der Waals surface area contributed by atoms with Crippen LogP contribution in [0.15, 0.2) is 36.4 Å². The molecule has 0 saturated carbocycles. The van der Waals surface area contributed by atoms with Crippen LogP contribution in [0.4, 0.5) is 10.5 Å². The average molecular weight is 368 g/mol.